The topological polar surface area (TPSA) is 89.6 Å². The molecule has 0 saturated carbocycles. The maximum absolute atomic E-state index is 12.9. The Kier molecular flexibility index (Phi) is 5.63. The maximum atomic E-state index is 12.9. The molecule has 0 bridgehead atoms. The second kappa shape index (κ2) is 8.90. The van der Waals surface area contributed by atoms with Crippen molar-refractivity contribution < 1.29 is 19.1 Å². The summed E-state index contributed by atoms with van der Waals surface area (Å²) in [4.78, 5) is 30.0. The van der Waals surface area contributed by atoms with Crippen molar-refractivity contribution >= 4 is 47.3 Å². The lowest BCUT2D eigenvalue weighted by Gasteiger charge is -2.18. The first kappa shape index (κ1) is 21.5. The molecule has 0 fully saturated rings. The van der Waals surface area contributed by atoms with Gasteiger partial charge in [-0.3, -0.25) is 14.6 Å². The van der Waals surface area contributed by atoms with Crippen molar-refractivity contribution in [2.24, 2.45) is 0 Å². The summed E-state index contributed by atoms with van der Waals surface area (Å²) in [5.74, 6) is 0.543. The molecule has 2 amide bonds. The Balaban J connectivity index is 1.33. The first-order valence-electron chi connectivity index (χ1n) is 10.7. The molecule has 0 saturated heterocycles. The average molecular weight is 449 g/mol. The van der Waals surface area contributed by atoms with Gasteiger partial charge in [0.1, 0.15) is 21.1 Å². The normalized spacial score (nSPS) is 12.3. The number of nitrogens with one attached hydrogen (secondary N) is 2. The second-order valence-corrected chi connectivity index (χ2v) is 7.95. The van der Waals surface area contributed by atoms with Crippen LogP contribution in [-0.2, 0) is 0 Å². The molecule has 3 aromatic carbocycles. The highest BCUT2D eigenvalue weighted by Crippen LogP contribution is 2.31. The van der Waals surface area contributed by atoms with E-state index in [1.165, 1.54) is 0 Å². The van der Waals surface area contributed by atoms with Crippen LogP contribution in [0.5, 0.6) is 11.5 Å². The van der Waals surface area contributed by atoms with Gasteiger partial charge in [0, 0.05) is 11.1 Å². The van der Waals surface area contributed by atoms with Gasteiger partial charge in [-0.1, -0.05) is 29.7 Å². The Hall–Kier alpha value is -4.33. The number of nitrogens with zero attached hydrogens (tertiary/aromatic N) is 1. The monoisotopic (exact) mass is 449 g/mol. The Labute approximate surface area is 197 Å². The standard InChI is InChI=1S/C26H20BN3O4/c1-15-22(30-26(32)18-3-2-17-11-20(27)6-4-16(17)10-18)13-21(14-28-15)29-25(31)19-5-7-23-24(12-19)34-9-8-33-23/h2-7,10-14H,8-9H2,1H3,(H,29,31)(H,30,32). The number of rotatable bonds is 4. The number of fused-ring (bicyclic) bond motifs is 2. The van der Waals surface area contributed by atoms with Crippen molar-refractivity contribution in [2.75, 3.05) is 23.8 Å². The van der Waals surface area contributed by atoms with E-state index in [1.54, 1.807) is 55.6 Å². The lowest BCUT2D eigenvalue weighted by Crippen LogP contribution is -2.17. The highest BCUT2D eigenvalue weighted by Gasteiger charge is 2.16. The summed E-state index contributed by atoms with van der Waals surface area (Å²) in [7, 11) is 5.83. The molecule has 1 aliphatic rings. The summed E-state index contributed by atoms with van der Waals surface area (Å²) in [6, 6.07) is 17.6. The van der Waals surface area contributed by atoms with E-state index in [2.05, 4.69) is 15.6 Å². The maximum Gasteiger partial charge on any atom is 0.255 e. The average Bonchev–Trinajstić information content (AvgIpc) is 2.85. The van der Waals surface area contributed by atoms with Crippen LogP contribution in [0.3, 0.4) is 0 Å². The van der Waals surface area contributed by atoms with E-state index in [-0.39, 0.29) is 11.8 Å². The van der Waals surface area contributed by atoms with Crippen molar-refractivity contribution in [1.29, 1.82) is 0 Å². The second-order valence-electron chi connectivity index (χ2n) is 7.95. The molecule has 0 unspecified atom stereocenters. The Morgan fingerprint density at radius 3 is 2.35 bits per heavy atom. The van der Waals surface area contributed by atoms with E-state index in [1.807, 2.05) is 18.2 Å². The molecule has 4 aromatic rings. The number of carbonyl (C=O) groups is 2. The van der Waals surface area contributed by atoms with Gasteiger partial charge < -0.3 is 20.1 Å². The molecule has 1 aliphatic heterocycles. The Morgan fingerprint density at radius 1 is 0.824 bits per heavy atom. The number of ether oxygens (including phenoxy) is 2. The summed E-state index contributed by atoms with van der Waals surface area (Å²) in [5.41, 5.74) is 3.17. The minimum atomic E-state index is -0.325. The molecule has 0 atom stereocenters. The predicted molar refractivity (Wildman–Crippen MR) is 132 cm³/mol. The van der Waals surface area contributed by atoms with Crippen molar-refractivity contribution in [3.05, 3.63) is 83.7 Å². The molecular weight excluding hydrogens is 429 g/mol. The number of benzene rings is 3. The van der Waals surface area contributed by atoms with Crippen LogP contribution in [-0.4, -0.2) is 37.9 Å². The van der Waals surface area contributed by atoms with Gasteiger partial charge in [-0.2, -0.15) is 0 Å². The largest absolute Gasteiger partial charge is 0.486 e. The molecule has 5 rings (SSSR count). The number of carbonyl (C=O) groups excluding carboxylic acids is 2. The van der Waals surface area contributed by atoms with Gasteiger partial charge in [0.15, 0.2) is 11.5 Å². The number of aryl methyl sites for hydroxylation is 1. The molecule has 34 heavy (non-hydrogen) atoms. The number of amides is 2. The van der Waals surface area contributed by atoms with Crippen LogP contribution in [0.4, 0.5) is 11.4 Å². The van der Waals surface area contributed by atoms with Gasteiger partial charge in [-0.25, -0.2) is 0 Å². The molecular formula is C26H20BN3O4. The van der Waals surface area contributed by atoms with E-state index in [9.17, 15) is 9.59 Å². The summed E-state index contributed by atoms with van der Waals surface area (Å²) < 4.78 is 11.0. The summed E-state index contributed by atoms with van der Waals surface area (Å²) in [6.45, 7) is 2.70. The van der Waals surface area contributed by atoms with E-state index in [0.29, 0.717) is 58.4 Å². The number of hydrogen-bond donors (Lipinski definition) is 2. The van der Waals surface area contributed by atoms with E-state index >= 15 is 0 Å². The quantitative estimate of drug-likeness (QED) is 0.465. The van der Waals surface area contributed by atoms with Gasteiger partial charge in [0.2, 0.25) is 0 Å². The lowest BCUT2D eigenvalue weighted by atomic mass is 9.93. The SMILES string of the molecule is [B]c1ccc2cc(C(=O)Nc3cc(NC(=O)c4ccc5c(c4)OCCO5)cnc3C)ccc2c1. The first-order chi connectivity index (χ1) is 16.5. The van der Waals surface area contributed by atoms with E-state index < -0.39 is 0 Å². The van der Waals surface area contributed by atoms with Crippen LogP contribution in [0, 0.1) is 6.92 Å². The van der Waals surface area contributed by atoms with Crippen LogP contribution in [0.2, 0.25) is 0 Å². The van der Waals surface area contributed by atoms with Gasteiger partial charge in [-0.05, 0) is 54.1 Å². The van der Waals surface area contributed by atoms with Crippen LogP contribution >= 0.6 is 0 Å². The molecule has 2 N–H and O–H groups in total. The highest BCUT2D eigenvalue weighted by atomic mass is 16.6. The fraction of sp³-hybridized carbons (Fsp3) is 0.115. The number of aromatic nitrogens is 1. The third-order valence-electron chi connectivity index (χ3n) is 5.52. The van der Waals surface area contributed by atoms with Crippen LogP contribution in [0.15, 0.2) is 66.9 Å². The van der Waals surface area contributed by atoms with E-state index in [4.69, 9.17) is 17.3 Å². The molecule has 0 spiro atoms. The molecule has 166 valence electrons. The predicted octanol–water partition coefficient (Wildman–Crippen LogP) is 3.61. The number of pyridine rings is 1. The van der Waals surface area contributed by atoms with Crippen LogP contribution in [0.1, 0.15) is 26.4 Å². The zero-order chi connectivity index (χ0) is 23.7. The molecule has 2 radical (unpaired) electrons. The minimum Gasteiger partial charge on any atom is -0.486 e. The Morgan fingerprint density at radius 2 is 1.50 bits per heavy atom. The first-order valence-corrected chi connectivity index (χ1v) is 10.7. The molecule has 0 aliphatic carbocycles. The van der Waals surface area contributed by atoms with Crippen molar-refractivity contribution in [3.63, 3.8) is 0 Å². The molecule has 7 nitrogen and oxygen atoms in total. The minimum absolute atomic E-state index is 0.279. The third kappa shape index (κ3) is 4.43. The third-order valence-corrected chi connectivity index (χ3v) is 5.52. The highest BCUT2D eigenvalue weighted by molar-refractivity contribution is 6.33. The van der Waals surface area contributed by atoms with Crippen molar-refractivity contribution in [1.82, 2.24) is 4.98 Å². The zero-order valence-corrected chi connectivity index (χ0v) is 18.4. The van der Waals surface area contributed by atoms with Crippen LogP contribution in [0.25, 0.3) is 10.8 Å². The van der Waals surface area contributed by atoms with Gasteiger partial charge in [-0.15, -0.1) is 0 Å². The molecule has 1 aromatic heterocycles. The van der Waals surface area contributed by atoms with Crippen LogP contribution < -0.4 is 25.6 Å². The summed E-state index contributed by atoms with van der Waals surface area (Å²) >= 11 is 0. The summed E-state index contributed by atoms with van der Waals surface area (Å²) in [6.07, 6.45) is 1.54. The van der Waals surface area contributed by atoms with Crippen molar-refractivity contribution in [3.8, 4) is 11.5 Å². The fourth-order valence-electron chi connectivity index (χ4n) is 3.72. The molecule has 2 heterocycles. The van der Waals surface area contributed by atoms with Crippen molar-refractivity contribution in [2.45, 2.75) is 6.92 Å². The Bertz CT molecular complexity index is 1440. The number of anilines is 2. The number of hydrogen-bond acceptors (Lipinski definition) is 5. The smallest absolute Gasteiger partial charge is 0.255 e. The summed E-state index contributed by atoms with van der Waals surface area (Å²) in [5, 5.41) is 7.57. The van der Waals surface area contributed by atoms with E-state index in [0.717, 1.165) is 10.8 Å². The van der Waals surface area contributed by atoms with Gasteiger partial charge in [0.25, 0.3) is 11.8 Å². The molecule has 8 heteroatoms. The fourth-order valence-corrected chi connectivity index (χ4v) is 3.72. The van der Waals surface area contributed by atoms with Gasteiger partial charge >= 0.3 is 0 Å². The zero-order valence-electron chi connectivity index (χ0n) is 18.4. The van der Waals surface area contributed by atoms with Gasteiger partial charge in [0.05, 0.1) is 23.3 Å². The lowest BCUT2D eigenvalue weighted by molar-refractivity contribution is 0.101.